The van der Waals surface area contributed by atoms with E-state index >= 15 is 0 Å². The molecular weight excluding hydrogens is 345 g/mol. The van der Waals surface area contributed by atoms with Crippen LogP contribution in [0.15, 0.2) is 46.5 Å². The van der Waals surface area contributed by atoms with E-state index in [0.717, 1.165) is 12.3 Å². The number of allylic oxidation sites excluding steroid dienone is 1. The second-order valence-electron chi connectivity index (χ2n) is 4.75. The molecule has 2 rings (SSSR count). The fourth-order valence-electron chi connectivity index (χ4n) is 1.89. The SMILES string of the molecule is Cc1cc(C(=O)C(C#N)=CNc2ccc(Cl)cc2)c(C(F)(F)F)o1. The zero-order valence-electron chi connectivity index (χ0n) is 12.2. The Morgan fingerprint density at radius 2 is 1.96 bits per heavy atom. The van der Waals surface area contributed by atoms with Crippen LogP contribution in [0.2, 0.25) is 5.02 Å². The largest absolute Gasteiger partial charge is 0.456 e. The lowest BCUT2D eigenvalue weighted by molar-refractivity contribution is -0.153. The molecule has 1 N–H and O–H groups in total. The minimum absolute atomic E-state index is 0.0753. The molecule has 0 unspecified atom stereocenters. The van der Waals surface area contributed by atoms with Crippen LogP contribution in [-0.2, 0) is 6.18 Å². The quantitative estimate of drug-likeness (QED) is 0.478. The Balaban J connectivity index is 2.31. The zero-order chi connectivity index (χ0) is 17.9. The first kappa shape index (κ1) is 17.6. The second-order valence-corrected chi connectivity index (χ2v) is 5.18. The Morgan fingerprint density at radius 3 is 2.50 bits per heavy atom. The molecule has 0 amide bonds. The molecule has 24 heavy (non-hydrogen) atoms. The number of rotatable bonds is 4. The normalized spacial score (nSPS) is 11.9. The number of ketones is 1. The molecule has 0 radical (unpaired) electrons. The van der Waals surface area contributed by atoms with E-state index in [2.05, 4.69) is 9.73 Å². The van der Waals surface area contributed by atoms with Crippen molar-refractivity contribution < 1.29 is 22.4 Å². The molecule has 0 bridgehead atoms. The number of nitriles is 1. The van der Waals surface area contributed by atoms with Gasteiger partial charge in [-0.25, -0.2) is 0 Å². The van der Waals surface area contributed by atoms with Gasteiger partial charge in [0.05, 0.1) is 5.56 Å². The van der Waals surface area contributed by atoms with E-state index in [1.54, 1.807) is 30.3 Å². The van der Waals surface area contributed by atoms with Crippen molar-refractivity contribution in [2.75, 3.05) is 5.32 Å². The number of Topliss-reactive ketones (excluding diaryl/α,β-unsaturated/α-hetero) is 1. The smallest absolute Gasteiger partial charge is 0.450 e. The highest BCUT2D eigenvalue weighted by Gasteiger charge is 2.40. The fourth-order valence-corrected chi connectivity index (χ4v) is 2.01. The van der Waals surface area contributed by atoms with E-state index in [-0.39, 0.29) is 5.76 Å². The van der Waals surface area contributed by atoms with Gasteiger partial charge in [0.1, 0.15) is 17.4 Å². The van der Waals surface area contributed by atoms with Crippen LogP contribution >= 0.6 is 11.6 Å². The van der Waals surface area contributed by atoms with Crippen LogP contribution in [-0.4, -0.2) is 5.78 Å². The molecular formula is C16H10ClF3N2O2. The third kappa shape index (κ3) is 3.97. The van der Waals surface area contributed by atoms with Crippen molar-refractivity contribution in [1.29, 1.82) is 5.26 Å². The van der Waals surface area contributed by atoms with Crippen molar-refractivity contribution in [3.63, 3.8) is 0 Å². The van der Waals surface area contributed by atoms with Gasteiger partial charge in [0.15, 0.2) is 0 Å². The minimum atomic E-state index is -4.83. The predicted molar refractivity (Wildman–Crippen MR) is 81.5 cm³/mol. The molecule has 1 heterocycles. The lowest BCUT2D eigenvalue weighted by atomic mass is 10.0. The van der Waals surface area contributed by atoms with Gasteiger partial charge in [-0.1, -0.05) is 11.6 Å². The number of anilines is 1. The number of aryl methyl sites for hydroxylation is 1. The Morgan fingerprint density at radius 1 is 1.33 bits per heavy atom. The lowest BCUT2D eigenvalue weighted by Gasteiger charge is -2.05. The van der Waals surface area contributed by atoms with Crippen LogP contribution in [0.3, 0.4) is 0 Å². The summed E-state index contributed by atoms with van der Waals surface area (Å²) in [5.41, 5.74) is -0.679. The summed E-state index contributed by atoms with van der Waals surface area (Å²) in [7, 11) is 0. The number of carbonyl (C=O) groups excluding carboxylic acids is 1. The van der Waals surface area contributed by atoms with E-state index < -0.39 is 28.9 Å². The van der Waals surface area contributed by atoms with Gasteiger partial charge in [-0.05, 0) is 37.3 Å². The number of hydrogen-bond donors (Lipinski definition) is 1. The third-order valence-corrected chi connectivity index (χ3v) is 3.20. The number of carbonyl (C=O) groups is 1. The molecule has 0 aliphatic heterocycles. The summed E-state index contributed by atoms with van der Waals surface area (Å²) in [6.07, 6.45) is -3.79. The lowest BCUT2D eigenvalue weighted by Crippen LogP contribution is -2.12. The maximum absolute atomic E-state index is 12.9. The van der Waals surface area contributed by atoms with E-state index in [1.807, 2.05) is 0 Å². The van der Waals surface area contributed by atoms with Gasteiger partial charge < -0.3 is 9.73 Å². The van der Waals surface area contributed by atoms with Crippen LogP contribution in [0, 0.1) is 18.3 Å². The van der Waals surface area contributed by atoms with Crippen LogP contribution < -0.4 is 5.32 Å². The van der Waals surface area contributed by atoms with E-state index in [1.165, 1.54) is 6.92 Å². The van der Waals surface area contributed by atoms with Gasteiger partial charge in [-0.15, -0.1) is 0 Å². The van der Waals surface area contributed by atoms with Crippen molar-refractivity contribution >= 4 is 23.1 Å². The topological polar surface area (TPSA) is 66.0 Å². The average Bonchev–Trinajstić information content (AvgIpc) is 2.91. The van der Waals surface area contributed by atoms with Crippen molar-refractivity contribution in [1.82, 2.24) is 0 Å². The molecule has 1 aromatic carbocycles. The Labute approximate surface area is 140 Å². The summed E-state index contributed by atoms with van der Waals surface area (Å²) in [6, 6.07) is 8.86. The first-order chi connectivity index (χ1) is 11.2. The summed E-state index contributed by atoms with van der Waals surface area (Å²) in [5.74, 6) is -2.57. The first-order valence-corrected chi connectivity index (χ1v) is 6.95. The van der Waals surface area contributed by atoms with Crippen LogP contribution in [0.1, 0.15) is 21.9 Å². The molecule has 1 aromatic heterocycles. The van der Waals surface area contributed by atoms with Crippen molar-refractivity contribution in [3.8, 4) is 6.07 Å². The number of benzene rings is 1. The van der Waals surface area contributed by atoms with Crippen molar-refractivity contribution in [2.45, 2.75) is 13.1 Å². The first-order valence-electron chi connectivity index (χ1n) is 6.57. The fraction of sp³-hybridized carbons (Fsp3) is 0.125. The molecule has 0 saturated carbocycles. The molecule has 124 valence electrons. The van der Waals surface area contributed by atoms with Gasteiger partial charge >= 0.3 is 6.18 Å². The van der Waals surface area contributed by atoms with Gasteiger partial charge in [0, 0.05) is 16.9 Å². The molecule has 4 nitrogen and oxygen atoms in total. The molecule has 0 aliphatic carbocycles. The molecule has 8 heteroatoms. The van der Waals surface area contributed by atoms with E-state index in [9.17, 15) is 18.0 Å². The number of nitrogens with one attached hydrogen (secondary N) is 1. The number of halogens is 4. The number of hydrogen-bond acceptors (Lipinski definition) is 4. The number of alkyl halides is 3. The standard InChI is InChI=1S/C16H10ClF3N2O2/c1-9-6-13(15(24-9)16(18,19)20)14(23)10(7-21)8-22-12-4-2-11(17)3-5-12/h2-6,8,22H,1H3. The summed E-state index contributed by atoms with van der Waals surface area (Å²) in [4.78, 5) is 12.2. The molecule has 0 atom stereocenters. The number of nitrogens with zero attached hydrogens (tertiary/aromatic N) is 1. The molecule has 0 saturated heterocycles. The number of furan rings is 1. The minimum Gasteiger partial charge on any atom is -0.456 e. The van der Waals surface area contributed by atoms with Gasteiger partial charge in [0.25, 0.3) is 0 Å². The van der Waals surface area contributed by atoms with Gasteiger partial charge in [0.2, 0.25) is 11.5 Å². The molecule has 0 fully saturated rings. The van der Waals surface area contributed by atoms with Gasteiger partial charge in [-0.3, -0.25) is 4.79 Å². The zero-order valence-corrected chi connectivity index (χ0v) is 13.0. The Hall–Kier alpha value is -2.72. The second kappa shape index (κ2) is 6.81. The highest BCUT2D eigenvalue weighted by Crippen LogP contribution is 2.35. The predicted octanol–water partition coefficient (Wildman–Crippen LogP) is 4.96. The Bertz CT molecular complexity index is 830. The van der Waals surface area contributed by atoms with Crippen molar-refractivity contribution in [3.05, 3.63) is 64.2 Å². The van der Waals surface area contributed by atoms with E-state index in [0.29, 0.717) is 10.7 Å². The van der Waals surface area contributed by atoms with Gasteiger partial charge in [-0.2, -0.15) is 18.4 Å². The summed E-state index contributed by atoms with van der Waals surface area (Å²) >= 11 is 5.73. The maximum atomic E-state index is 12.9. The molecule has 0 aliphatic rings. The monoisotopic (exact) mass is 354 g/mol. The highest BCUT2D eigenvalue weighted by molar-refractivity contribution is 6.30. The average molecular weight is 355 g/mol. The van der Waals surface area contributed by atoms with E-state index in [4.69, 9.17) is 16.9 Å². The van der Waals surface area contributed by atoms with Crippen molar-refractivity contribution in [2.24, 2.45) is 0 Å². The molecule has 0 spiro atoms. The maximum Gasteiger partial charge on any atom is 0.450 e. The van der Waals surface area contributed by atoms with Crippen LogP contribution in [0.5, 0.6) is 0 Å². The molecule has 2 aromatic rings. The highest BCUT2D eigenvalue weighted by atomic mass is 35.5. The summed E-state index contributed by atoms with van der Waals surface area (Å²) < 4.78 is 43.3. The summed E-state index contributed by atoms with van der Waals surface area (Å²) in [6.45, 7) is 1.29. The van der Waals surface area contributed by atoms with Crippen LogP contribution in [0.25, 0.3) is 0 Å². The van der Waals surface area contributed by atoms with Crippen LogP contribution in [0.4, 0.5) is 18.9 Å². The Kier molecular flexibility index (Phi) is 5.00. The third-order valence-electron chi connectivity index (χ3n) is 2.95. The summed E-state index contributed by atoms with van der Waals surface area (Å²) in [5, 5.41) is 12.2.